The highest BCUT2D eigenvalue weighted by Crippen LogP contribution is 2.17. The van der Waals surface area contributed by atoms with Crippen LogP contribution in [0.5, 0.6) is 0 Å². The van der Waals surface area contributed by atoms with Crippen LogP contribution in [0.25, 0.3) is 0 Å². The molecule has 0 bridgehead atoms. The summed E-state index contributed by atoms with van der Waals surface area (Å²) in [5, 5.41) is 1.78. The largest absolute Gasteiger partial charge is 0.269 e. The average Bonchev–Trinajstić information content (AvgIpc) is 1.88. The lowest BCUT2D eigenvalue weighted by molar-refractivity contribution is 0.272. The molecule has 1 aliphatic carbocycles. The normalized spacial score (nSPS) is 25.7. The first kappa shape index (κ1) is 7.76. The molecule has 2 heteroatoms. The van der Waals surface area contributed by atoms with E-state index in [1.54, 1.807) is 5.01 Å². The molecule has 0 saturated carbocycles. The Bertz CT molecular complexity index is 118. The third-order valence-corrected chi connectivity index (χ3v) is 1.92. The summed E-state index contributed by atoms with van der Waals surface area (Å²) >= 11 is 0. The Morgan fingerprint density at radius 1 is 1.60 bits per heavy atom. The summed E-state index contributed by atoms with van der Waals surface area (Å²) < 4.78 is 0. The van der Waals surface area contributed by atoms with Gasteiger partial charge in [-0.15, -0.1) is 0 Å². The summed E-state index contributed by atoms with van der Waals surface area (Å²) in [5.74, 6) is 6.32. The molecule has 58 valence electrons. The molecule has 0 aromatic heterocycles. The average molecular weight is 140 g/mol. The van der Waals surface area contributed by atoms with Gasteiger partial charge in [-0.25, -0.2) is 5.01 Å². The SMILES string of the molecule is CN(N)C[C@@H]1CC=CCC1. The van der Waals surface area contributed by atoms with Crippen molar-refractivity contribution in [2.24, 2.45) is 11.8 Å². The summed E-state index contributed by atoms with van der Waals surface area (Å²) in [4.78, 5) is 0. The van der Waals surface area contributed by atoms with Crippen molar-refractivity contribution in [3.63, 3.8) is 0 Å². The predicted molar refractivity (Wildman–Crippen MR) is 43.3 cm³/mol. The van der Waals surface area contributed by atoms with Crippen LogP contribution in [0.1, 0.15) is 19.3 Å². The lowest BCUT2D eigenvalue weighted by Crippen LogP contribution is -2.31. The monoisotopic (exact) mass is 140 g/mol. The Kier molecular flexibility index (Phi) is 2.90. The highest BCUT2D eigenvalue weighted by atomic mass is 15.4. The zero-order chi connectivity index (χ0) is 7.40. The second-order valence-electron chi connectivity index (χ2n) is 3.09. The fourth-order valence-electron chi connectivity index (χ4n) is 1.43. The van der Waals surface area contributed by atoms with E-state index in [0.717, 1.165) is 12.5 Å². The molecule has 0 spiro atoms. The van der Waals surface area contributed by atoms with Crippen LogP contribution in [-0.2, 0) is 0 Å². The Balaban J connectivity index is 2.22. The molecule has 0 aliphatic heterocycles. The molecule has 0 radical (unpaired) electrons. The molecular formula is C8H16N2. The summed E-state index contributed by atoms with van der Waals surface area (Å²) in [6.07, 6.45) is 8.27. The van der Waals surface area contributed by atoms with E-state index in [9.17, 15) is 0 Å². The van der Waals surface area contributed by atoms with Gasteiger partial charge in [0.2, 0.25) is 0 Å². The first-order valence-corrected chi connectivity index (χ1v) is 3.90. The zero-order valence-electron chi connectivity index (χ0n) is 6.59. The lowest BCUT2D eigenvalue weighted by atomic mass is 9.94. The van der Waals surface area contributed by atoms with Crippen LogP contribution >= 0.6 is 0 Å². The number of hydrazine groups is 1. The number of allylic oxidation sites excluding steroid dienone is 2. The third-order valence-electron chi connectivity index (χ3n) is 1.92. The van der Waals surface area contributed by atoms with Crippen molar-refractivity contribution in [3.05, 3.63) is 12.2 Å². The van der Waals surface area contributed by atoms with E-state index >= 15 is 0 Å². The number of nitrogens with two attached hydrogens (primary N) is 1. The van der Waals surface area contributed by atoms with Crippen LogP contribution in [0, 0.1) is 5.92 Å². The first-order valence-electron chi connectivity index (χ1n) is 3.90. The molecule has 0 unspecified atom stereocenters. The molecule has 0 amide bonds. The Morgan fingerprint density at radius 3 is 2.90 bits per heavy atom. The van der Waals surface area contributed by atoms with Crippen LogP contribution in [0.2, 0.25) is 0 Å². The Labute approximate surface area is 62.7 Å². The van der Waals surface area contributed by atoms with Crippen LogP contribution in [0.15, 0.2) is 12.2 Å². The minimum atomic E-state index is 0.792. The van der Waals surface area contributed by atoms with E-state index < -0.39 is 0 Å². The highest BCUT2D eigenvalue weighted by Gasteiger charge is 2.09. The van der Waals surface area contributed by atoms with Gasteiger partial charge in [0.1, 0.15) is 0 Å². The summed E-state index contributed by atoms with van der Waals surface area (Å²) in [5.41, 5.74) is 0. The minimum Gasteiger partial charge on any atom is -0.269 e. The summed E-state index contributed by atoms with van der Waals surface area (Å²) in [7, 11) is 1.93. The van der Waals surface area contributed by atoms with Gasteiger partial charge in [0.05, 0.1) is 0 Å². The van der Waals surface area contributed by atoms with E-state index in [1.165, 1.54) is 19.3 Å². The maximum absolute atomic E-state index is 5.53. The van der Waals surface area contributed by atoms with Crippen LogP contribution in [0.4, 0.5) is 0 Å². The van der Waals surface area contributed by atoms with Gasteiger partial charge < -0.3 is 0 Å². The Morgan fingerprint density at radius 2 is 2.40 bits per heavy atom. The molecule has 0 aromatic rings. The predicted octanol–water partition coefficient (Wildman–Crippen LogP) is 1.15. The van der Waals surface area contributed by atoms with Crippen molar-refractivity contribution in [3.8, 4) is 0 Å². The number of hydrogen-bond acceptors (Lipinski definition) is 2. The molecule has 10 heavy (non-hydrogen) atoms. The highest BCUT2D eigenvalue weighted by molar-refractivity contribution is 4.90. The fourth-order valence-corrected chi connectivity index (χ4v) is 1.43. The topological polar surface area (TPSA) is 29.3 Å². The van der Waals surface area contributed by atoms with E-state index in [4.69, 9.17) is 5.84 Å². The third kappa shape index (κ3) is 2.50. The summed E-state index contributed by atoms with van der Waals surface area (Å²) in [6, 6.07) is 0. The van der Waals surface area contributed by atoms with Gasteiger partial charge in [0.25, 0.3) is 0 Å². The molecule has 0 aromatic carbocycles. The smallest absolute Gasteiger partial charge is 0.0156 e. The van der Waals surface area contributed by atoms with Crippen molar-refractivity contribution < 1.29 is 0 Å². The van der Waals surface area contributed by atoms with E-state index in [1.807, 2.05) is 7.05 Å². The molecule has 1 rings (SSSR count). The van der Waals surface area contributed by atoms with E-state index in [2.05, 4.69) is 12.2 Å². The number of hydrogen-bond donors (Lipinski definition) is 1. The fraction of sp³-hybridized carbons (Fsp3) is 0.750. The minimum absolute atomic E-state index is 0.792. The molecule has 2 nitrogen and oxygen atoms in total. The van der Waals surface area contributed by atoms with Gasteiger partial charge in [-0.05, 0) is 25.2 Å². The molecule has 0 fully saturated rings. The zero-order valence-corrected chi connectivity index (χ0v) is 6.59. The van der Waals surface area contributed by atoms with Crippen molar-refractivity contribution in [1.82, 2.24) is 5.01 Å². The van der Waals surface area contributed by atoms with Crippen LogP contribution < -0.4 is 5.84 Å². The number of rotatable bonds is 2. The summed E-state index contributed by atoms with van der Waals surface area (Å²) in [6.45, 7) is 1.03. The van der Waals surface area contributed by atoms with Gasteiger partial charge >= 0.3 is 0 Å². The quantitative estimate of drug-likeness (QED) is 0.354. The van der Waals surface area contributed by atoms with E-state index in [-0.39, 0.29) is 0 Å². The van der Waals surface area contributed by atoms with Gasteiger partial charge in [-0.1, -0.05) is 12.2 Å². The van der Waals surface area contributed by atoms with Crippen molar-refractivity contribution in [2.45, 2.75) is 19.3 Å². The van der Waals surface area contributed by atoms with E-state index in [0.29, 0.717) is 0 Å². The Hall–Kier alpha value is -0.340. The molecule has 2 N–H and O–H groups in total. The lowest BCUT2D eigenvalue weighted by Gasteiger charge is -2.20. The number of nitrogens with zero attached hydrogens (tertiary/aromatic N) is 1. The van der Waals surface area contributed by atoms with Crippen molar-refractivity contribution in [2.75, 3.05) is 13.6 Å². The second kappa shape index (κ2) is 3.74. The maximum atomic E-state index is 5.53. The standard InChI is InChI=1S/C8H16N2/c1-10(9)7-8-5-3-2-4-6-8/h2-3,8H,4-7,9H2,1H3/t8-/m1/s1. The van der Waals surface area contributed by atoms with Crippen molar-refractivity contribution >= 4 is 0 Å². The first-order chi connectivity index (χ1) is 4.79. The van der Waals surface area contributed by atoms with Crippen LogP contribution in [0.3, 0.4) is 0 Å². The molecule has 1 aliphatic rings. The molecule has 0 heterocycles. The molecular weight excluding hydrogens is 124 g/mol. The maximum Gasteiger partial charge on any atom is 0.0156 e. The van der Waals surface area contributed by atoms with Gasteiger partial charge in [-0.2, -0.15) is 0 Å². The van der Waals surface area contributed by atoms with Crippen molar-refractivity contribution in [1.29, 1.82) is 0 Å². The van der Waals surface area contributed by atoms with Crippen LogP contribution in [-0.4, -0.2) is 18.6 Å². The molecule has 0 saturated heterocycles. The van der Waals surface area contributed by atoms with Gasteiger partial charge in [0.15, 0.2) is 0 Å². The molecule has 1 atom stereocenters. The second-order valence-corrected chi connectivity index (χ2v) is 3.09. The van der Waals surface area contributed by atoms with Gasteiger partial charge in [0, 0.05) is 13.6 Å². The van der Waals surface area contributed by atoms with Gasteiger partial charge in [-0.3, -0.25) is 5.84 Å².